The van der Waals surface area contributed by atoms with E-state index in [9.17, 15) is 9.59 Å². The summed E-state index contributed by atoms with van der Waals surface area (Å²) in [6.07, 6.45) is 4.66. The van der Waals surface area contributed by atoms with Crippen LogP contribution in [0.2, 0.25) is 25.7 Å². The number of aromatic nitrogens is 4. The average Bonchev–Trinajstić information content (AvgIpc) is 3.55. The van der Waals surface area contributed by atoms with Crippen molar-refractivity contribution in [2.45, 2.75) is 90.1 Å². The third kappa shape index (κ3) is 6.16. The van der Waals surface area contributed by atoms with Crippen molar-refractivity contribution in [1.82, 2.24) is 24.0 Å². The molecule has 2 bridgehead atoms. The van der Waals surface area contributed by atoms with Crippen molar-refractivity contribution in [3.8, 4) is 11.1 Å². The molecule has 0 N–H and O–H groups in total. The highest BCUT2D eigenvalue weighted by atomic mass is 32.1. The molecule has 2 saturated heterocycles. The Morgan fingerprint density at radius 3 is 2.55 bits per heavy atom. The van der Waals surface area contributed by atoms with Crippen LogP contribution < -0.4 is 10.5 Å². The van der Waals surface area contributed by atoms with Gasteiger partial charge in [-0.25, -0.2) is 9.78 Å². The molecule has 10 nitrogen and oxygen atoms in total. The fourth-order valence-corrected chi connectivity index (χ4v) is 7.80. The Morgan fingerprint density at radius 1 is 1.14 bits per heavy atom. The number of amides is 1. The van der Waals surface area contributed by atoms with Crippen molar-refractivity contribution in [1.29, 1.82) is 0 Å². The van der Waals surface area contributed by atoms with Gasteiger partial charge in [0.25, 0.3) is 5.56 Å². The van der Waals surface area contributed by atoms with Gasteiger partial charge in [0.2, 0.25) is 5.95 Å². The summed E-state index contributed by atoms with van der Waals surface area (Å²) in [4.78, 5) is 41.1. The van der Waals surface area contributed by atoms with Crippen LogP contribution in [0.1, 0.15) is 40.0 Å². The number of piperidine rings is 1. The van der Waals surface area contributed by atoms with Gasteiger partial charge in [-0.2, -0.15) is 4.98 Å². The Labute approximate surface area is 263 Å². The minimum absolute atomic E-state index is 0.0511. The van der Waals surface area contributed by atoms with Crippen molar-refractivity contribution in [3.05, 3.63) is 40.3 Å². The first-order valence-electron chi connectivity index (χ1n) is 15.6. The van der Waals surface area contributed by atoms with E-state index in [0.29, 0.717) is 43.4 Å². The largest absolute Gasteiger partial charge is 0.444 e. The highest BCUT2D eigenvalue weighted by Gasteiger charge is 2.42. The summed E-state index contributed by atoms with van der Waals surface area (Å²) in [5.41, 5.74) is 4.59. The molecule has 0 spiro atoms. The zero-order chi connectivity index (χ0) is 31.4. The summed E-state index contributed by atoms with van der Waals surface area (Å²) >= 11 is 1.59. The quantitative estimate of drug-likeness (QED) is 0.174. The molecule has 0 aliphatic carbocycles. The number of benzene rings is 1. The average molecular weight is 637 g/mol. The van der Waals surface area contributed by atoms with Crippen LogP contribution in [-0.4, -0.2) is 75.6 Å². The number of carbonyl (C=O) groups excluding carboxylic acids is 1. The summed E-state index contributed by atoms with van der Waals surface area (Å²) in [5.74, 6) is 0.645. The summed E-state index contributed by atoms with van der Waals surface area (Å²) in [5, 5.41) is 0.589. The van der Waals surface area contributed by atoms with Crippen LogP contribution >= 0.6 is 11.3 Å². The Morgan fingerprint density at radius 2 is 1.86 bits per heavy atom. The number of rotatable bonds is 7. The fourth-order valence-electron chi connectivity index (χ4n) is 6.33. The predicted molar refractivity (Wildman–Crippen MR) is 179 cm³/mol. The lowest BCUT2D eigenvalue weighted by molar-refractivity contribution is 0.0153. The molecule has 44 heavy (non-hydrogen) atoms. The number of thiazole rings is 1. The Kier molecular flexibility index (Phi) is 8.12. The molecule has 3 aromatic heterocycles. The molecule has 4 aromatic rings. The van der Waals surface area contributed by atoms with E-state index in [4.69, 9.17) is 14.5 Å². The van der Waals surface area contributed by atoms with Crippen molar-refractivity contribution < 1.29 is 14.3 Å². The molecule has 236 valence electrons. The summed E-state index contributed by atoms with van der Waals surface area (Å²) in [7, 11) is 0.562. The molecule has 2 atom stereocenters. The van der Waals surface area contributed by atoms with Crippen LogP contribution in [0.4, 0.5) is 10.7 Å². The van der Waals surface area contributed by atoms with E-state index >= 15 is 0 Å². The first-order chi connectivity index (χ1) is 20.8. The predicted octanol–water partition coefficient (Wildman–Crippen LogP) is 6.30. The number of fused-ring (bicyclic) bond motifs is 4. The van der Waals surface area contributed by atoms with E-state index in [1.165, 1.54) is 0 Å². The molecule has 0 radical (unpaired) electrons. The van der Waals surface area contributed by atoms with Gasteiger partial charge in [0.05, 0.1) is 21.1 Å². The SMILES string of the molecule is Cn1c(N2C3CCCC2CN(C(=O)OC(C)(C)C)C3)nc2c(c(-c3ccc4ncsc4c3)cn2COCC[Si](C)(C)C)c1=O. The van der Waals surface area contributed by atoms with Gasteiger partial charge >= 0.3 is 6.09 Å². The van der Waals surface area contributed by atoms with E-state index in [0.717, 1.165) is 46.7 Å². The number of carbonyl (C=O) groups is 1. The number of anilines is 1. The van der Waals surface area contributed by atoms with Crippen LogP contribution in [0.5, 0.6) is 0 Å². The lowest BCUT2D eigenvalue weighted by Gasteiger charge is -2.50. The first-order valence-corrected chi connectivity index (χ1v) is 20.2. The van der Waals surface area contributed by atoms with Crippen molar-refractivity contribution in [3.63, 3.8) is 0 Å². The van der Waals surface area contributed by atoms with Crippen LogP contribution in [0.3, 0.4) is 0 Å². The maximum absolute atomic E-state index is 14.3. The molecular weight excluding hydrogens is 593 g/mol. The molecule has 5 heterocycles. The molecule has 12 heteroatoms. The van der Waals surface area contributed by atoms with Gasteiger partial charge in [0.15, 0.2) is 5.65 Å². The second-order valence-electron chi connectivity index (χ2n) is 14.4. The van der Waals surface area contributed by atoms with E-state index in [-0.39, 0.29) is 23.7 Å². The fraction of sp³-hybridized carbons (Fsp3) is 0.562. The monoisotopic (exact) mass is 636 g/mol. The highest BCUT2D eigenvalue weighted by Crippen LogP contribution is 2.36. The molecule has 0 saturated carbocycles. The number of nitrogens with zero attached hydrogens (tertiary/aromatic N) is 6. The van der Waals surface area contributed by atoms with E-state index in [1.807, 2.05) is 61.1 Å². The van der Waals surface area contributed by atoms with E-state index in [2.05, 4.69) is 35.6 Å². The van der Waals surface area contributed by atoms with Gasteiger partial charge < -0.3 is 23.8 Å². The molecule has 2 aliphatic rings. The molecular formula is C32H44N6O4SSi. The summed E-state index contributed by atoms with van der Waals surface area (Å²) < 4.78 is 16.7. The second kappa shape index (κ2) is 11.6. The third-order valence-corrected chi connectivity index (χ3v) is 11.0. The maximum Gasteiger partial charge on any atom is 0.410 e. The van der Waals surface area contributed by atoms with Crippen LogP contribution in [0.15, 0.2) is 34.7 Å². The maximum atomic E-state index is 14.3. The molecule has 1 aromatic carbocycles. The molecule has 2 unspecified atom stereocenters. The molecule has 1 amide bonds. The number of hydrogen-bond donors (Lipinski definition) is 0. The van der Waals surface area contributed by atoms with Gasteiger partial charge in [-0.1, -0.05) is 25.7 Å². The topological polar surface area (TPSA) is 94.7 Å². The highest BCUT2D eigenvalue weighted by molar-refractivity contribution is 7.16. The molecule has 2 fully saturated rings. The Hall–Kier alpha value is -3.22. The lowest BCUT2D eigenvalue weighted by Crippen LogP contribution is -2.63. The summed E-state index contributed by atoms with van der Waals surface area (Å²) in [6, 6.07) is 7.30. The Balaban J connectivity index is 1.40. The van der Waals surface area contributed by atoms with Crippen molar-refractivity contribution >= 4 is 52.7 Å². The van der Waals surface area contributed by atoms with Gasteiger partial charge in [-0.3, -0.25) is 9.36 Å². The normalized spacial score (nSPS) is 19.2. The second-order valence-corrected chi connectivity index (χ2v) is 20.9. The van der Waals surface area contributed by atoms with Crippen molar-refractivity contribution in [2.75, 3.05) is 24.6 Å². The van der Waals surface area contributed by atoms with Gasteiger partial charge in [0, 0.05) is 58.7 Å². The first kappa shape index (κ1) is 30.8. The molecule has 2 aliphatic heterocycles. The zero-order valence-corrected chi connectivity index (χ0v) is 28.7. The number of piperazine rings is 1. The van der Waals surface area contributed by atoms with Crippen molar-refractivity contribution in [2.24, 2.45) is 7.05 Å². The number of likely N-dealkylation sites (tertiary alicyclic amines) is 1. The Bertz CT molecular complexity index is 1740. The number of hydrogen-bond acceptors (Lipinski definition) is 8. The van der Waals surface area contributed by atoms with E-state index < -0.39 is 13.7 Å². The standard InChI is InChI=1S/C32H44N6O4SSi/c1-32(2,3)42-31(40)36-16-22-9-8-10-23(17-36)38(22)30-34-28-27(29(39)35(30)4)24(18-37(28)20-41-13-14-44(5,6)7)21-11-12-25-26(15-21)43-19-33-25/h11-12,15,18-19,22-23H,8-10,13-14,16-17,20H2,1-7H3. The zero-order valence-electron chi connectivity index (χ0n) is 26.9. The van der Waals surface area contributed by atoms with Gasteiger partial charge in [0.1, 0.15) is 12.3 Å². The third-order valence-electron chi connectivity index (χ3n) is 8.55. The van der Waals surface area contributed by atoms with Crippen LogP contribution in [0, 0.1) is 0 Å². The number of ether oxygens (including phenoxy) is 2. The lowest BCUT2D eigenvalue weighted by atomic mass is 9.91. The minimum atomic E-state index is -1.26. The van der Waals surface area contributed by atoms with Gasteiger partial charge in [-0.05, 0) is 63.8 Å². The minimum Gasteiger partial charge on any atom is -0.444 e. The smallest absolute Gasteiger partial charge is 0.410 e. The van der Waals surface area contributed by atoms with Gasteiger partial charge in [-0.15, -0.1) is 11.3 Å². The summed E-state index contributed by atoms with van der Waals surface area (Å²) in [6.45, 7) is 14.8. The van der Waals surface area contributed by atoms with Crippen LogP contribution in [0.25, 0.3) is 32.4 Å². The van der Waals surface area contributed by atoms with E-state index in [1.54, 1.807) is 15.9 Å². The molecule has 6 rings (SSSR count). The van der Waals surface area contributed by atoms with Crippen LogP contribution in [-0.2, 0) is 23.3 Å².